The lowest BCUT2D eigenvalue weighted by molar-refractivity contribution is 0.102. The number of hydrogen-bond donors (Lipinski definition) is 0. The van der Waals surface area contributed by atoms with Crippen LogP contribution in [0.5, 0.6) is 0 Å². The Balaban J connectivity index is 1.88. The van der Waals surface area contributed by atoms with Crippen LogP contribution in [0, 0.1) is 27.7 Å². The van der Waals surface area contributed by atoms with Gasteiger partial charge in [-0.3, -0.25) is 14.2 Å². The molecule has 0 amide bonds. The fourth-order valence-electron chi connectivity index (χ4n) is 2.61. The van der Waals surface area contributed by atoms with Crippen molar-refractivity contribution >= 4 is 39.1 Å². The standard InChI is InChI=1S/C19H20N2O2S2/c1-10-6-7-14(8-11(10)2)15(22)9-24-19-20-17-16(18(23)21(19)5)12(3)13(4)25-17/h6-8H,9H2,1-5H3. The van der Waals surface area contributed by atoms with E-state index in [1.807, 2.05) is 45.9 Å². The van der Waals surface area contributed by atoms with E-state index in [1.54, 1.807) is 11.6 Å². The first kappa shape index (κ1) is 17.9. The number of nitrogens with zero attached hydrogens (tertiary/aromatic N) is 2. The molecule has 0 aliphatic rings. The lowest BCUT2D eigenvalue weighted by Gasteiger charge is -2.08. The SMILES string of the molecule is Cc1ccc(C(=O)CSc2nc3sc(C)c(C)c3c(=O)n2C)cc1C. The van der Waals surface area contributed by atoms with Gasteiger partial charge in [-0.15, -0.1) is 11.3 Å². The number of aromatic nitrogens is 2. The monoisotopic (exact) mass is 372 g/mol. The first-order valence-corrected chi connectivity index (χ1v) is 9.79. The molecular formula is C19H20N2O2S2. The molecule has 0 aliphatic heterocycles. The Labute approximate surface area is 154 Å². The highest BCUT2D eigenvalue weighted by Gasteiger charge is 2.16. The molecule has 3 aromatic rings. The molecule has 6 heteroatoms. The van der Waals surface area contributed by atoms with Crippen LogP contribution in [0.4, 0.5) is 0 Å². The van der Waals surface area contributed by atoms with Crippen LogP contribution in [-0.2, 0) is 7.05 Å². The zero-order valence-corrected chi connectivity index (χ0v) is 16.6. The summed E-state index contributed by atoms with van der Waals surface area (Å²) in [4.78, 5) is 31.5. The second kappa shape index (κ2) is 6.77. The van der Waals surface area contributed by atoms with Gasteiger partial charge in [-0.2, -0.15) is 0 Å². The molecule has 130 valence electrons. The Kier molecular flexibility index (Phi) is 4.84. The van der Waals surface area contributed by atoms with Crippen LogP contribution in [0.2, 0.25) is 0 Å². The van der Waals surface area contributed by atoms with Gasteiger partial charge in [-0.05, 0) is 50.5 Å². The van der Waals surface area contributed by atoms with Crippen molar-refractivity contribution < 1.29 is 4.79 Å². The van der Waals surface area contributed by atoms with Crippen LogP contribution < -0.4 is 5.56 Å². The molecule has 2 heterocycles. The normalized spacial score (nSPS) is 11.2. The van der Waals surface area contributed by atoms with Gasteiger partial charge in [0.1, 0.15) is 4.83 Å². The van der Waals surface area contributed by atoms with Crippen molar-refractivity contribution in [2.45, 2.75) is 32.9 Å². The molecule has 0 atom stereocenters. The zero-order valence-electron chi connectivity index (χ0n) is 15.0. The number of Topliss-reactive ketones (excluding diaryl/α,β-unsaturated/α-hetero) is 1. The summed E-state index contributed by atoms with van der Waals surface area (Å²) in [5.41, 5.74) is 3.92. The largest absolute Gasteiger partial charge is 0.293 e. The highest BCUT2D eigenvalue weighted by atomic mass is 32.2. The van der Waals surface area contributed by atoms with Crippen molar-refractivity contribution in [2.24, 2.45) is 7.05 Å². The summed E-state index contributed by atoms with van der Waals surface area (Å²) in [5, 5.41) is 1.27. The second-order valence-corrected chi connectivity index (χ2v) is 8.38. The number of benzene rings is 1. The molecule has 3 rings (SSSR count). The zero-order chi connectivity index (χ0) is 18.3. The molecule has 2 aromatic heterocycles. The van der Waals surface area contributed by atoms with E-state index in [0.717, 1.165) is 20.8 Å². The molecule has 0 fully saturated rings. The topological polar surface area (TPSA) is 52.0 Å². The van der Waals surface area contributed by atoms with E-state index >= 15 is 0 Å². The third-order valence-corrected chi connectivity index (χ3v) is 6.66. The van der Waals surface area contributed by atoms with Gasteiger partial charge >= 0.3 is 0 Å². The fourth-order valence-corrected chi connectivity index (χ4v) is 4.55. The summed E-state index contributed by atoms with van der Waals surface area (Å²) in [6.07, 6.45) is 0. The first-order valence-electron chi connectivity index (χ1n) is 7.99. The van der Waals surface area contributed by atoms with Crippen LogP contribution in [0.1, 0.15) is 31.9 Å². The van der Waals surface area contributed by atoms with Crippen molar-refractivity contribution in [3.8, 4) is 0 Å². The molecule has 1 aromatic carbocycles. The number of aryl methyl sites for hydroxylation is 4. The number of carbonyl (C=O) groups is 1. The van der Waals surface area contributed by atoms with Crippen LogP contribution in [0.25, 0.3) is 10.2 Å². The van der Waals surface area contributed by atoms with Gasteiger partial charge in [0.25, 0.3) is 5.56 Å². The molecule has 0 saturated carbocycles. The van der Waals surface area contributed by atoms with Gasteiger partial charge in [0, 0.05) is 17.5 Å². The molecule has 25 heavy (non-hydrogen) atoms. The van der Waals surface area contributed by atoms with Gasteiger partial charge in [-0.25, -0.2) is 4.98 Å². The molecule has 0 saturated heterocycles. The quantitative estimate of drug-likeness (QED) is 0.391. The van der Waals surface area contributed by atoms with E-state index in [9.17, 15) is 9.59 Å². The maximum absolute atomic E-state index is 12.6. The molecule has 0 unspecified atom stereocenters. The highest BCUT2D eigenvalue weighted by molar-refractivity contribution is 7.99. The third-order valence-electron chi connectivity index (χ3n) is 4.53. The average molecular weight is 373 g/mol. The summed E-state index contributed by atoms with van der Waals surface area (Å²) < 4.78 is 1.54. The van der Waals surface area contributed by atoms with Gasteiger partial charge in [0.15, 0.2) is 10.9 Å². The van der Waals surface area contributed by atoms with E-state index in [4.69, 9.17) is 0 Å². The van der Waals surface area contributed by atoms with Crippen molar-refractivity contribution in [3.05, 3.63) is 55.7 Å². The molecule has 4 nitrogen and oxygen atoms in total. The number of rotatable bonds is 4. The maximum atomic E-state index is 12.6. The molecular weight excluding hydrogens is 352 g/mol. The molecule has 0 N–H and O–H groups in total. The summed E-state index contributed by atoms with van der Waals surface area (Å²) in [5.74, 6) is 0.304. The smallest absolute Gasteiger partial charge is 0.262 e. The van der Waals surface area contributed by atoms with Crippen molar-refractivity contribution in [3.63, 3.8) is 0 Å². The average Bonchev–Trinajstić information content (AvgIpc) is 2.86. The number of ketones is 1. The van der Waals surface area contributed by atoms with Crippen LogP contribution >= 0.6 is 23.1 Å². The van der Waals surface area contributed by atoms with Gasteiger partial charge in [0.05, 0.1) is 11.1 Å². The summed E-state index contributed by atoms with van der Waals surface area (Å²) in [6.45, 7) is 7.97. The van der Waals surface area contributed by atoms with Gasteiger partial charge < -0.3 is 0 Å². The Hall–Kier alpha value is -1.92. The van der Waals surface area contributed by atoms with Crippen LogP contribution in [-0.4, -0.2) is 21.1 Å². The number of hydrogen-bond acceptors (Lipinski definition) is 5. The minimum absolute atomic E-state index is 0.0426. The Morgan fingerprint density at radius 2 is 1.92 bits per heavy atom. The van der Waals surface area contributed by atoms with Crippen LogP contribution in [0.3, 0.4) is 0 Å². The Bertz CT molecular complexity index is 1050. The number of carbonyl (C=O) groups excluding carboxylic acids is 1. The van der Waals surface area contributed by atoms with E-state index < -0.39 is 0 Å². The van der Waals surface area contributed by atoms with E-state index in [1.165, 1.54) is 28.7 Å². The predicted molar refractivity (Wildman–Crippen MR) is 105 cm³/mol. The first-order chi connectivity index (χ1) is 11.8. The summed E-state index contributed by atoms with van der Waals surface area (Å²) in [7, 11) is 1.71. The number of fused-ring (bicyclic) bond motifs is 1. The second-order valence-electron chi connectivity index (χ2n) is 6.23. The minimum Gasteiger partial charge on any atom is -0.293 e. The van der Waals surface area contributed by atoms with E-state index in [-0.39, 0.29) is 17.1 Å². The molecule has 0 radical (unpaired) electrons. The Morgan fingerprint density at radius 3 is 2.60 bits per heavy atom. The van der Waals surface area contributed by atoms with Crippen molar-refractivity contribution in [2.75, 3.05) is 5.75 Å². The number of thioether (sulfide) groups is 1. The molecule has 0 aliphatic carbocycles. The van der Waals surface area contributed by atoms with Crippen molar-refractivity contribution in [1.82, 2.24) is 9.55 Å². The minimum atomic E-state index is -0.0482. The predicted octanol–water partition coefficient (Wildman–Crippen LogP) is 4.20. The van der Waals surface area contributed by atoms with E-state index in [0.29, 0.717) is 16.1 Å². The maximum Gasteiger partial charge on any atom is 0.262 e. The van der Waals surface area contributed by atoms with Crippen LogP contribution in [0.15, 0.2) is 28.2 Å². The van der Waals surface area contributed by atoms with Crippen molar-refractivity contribution in [1.29, 1.82) is 0 Å². The summed E-state index contributed by atoms with van der Waals surface area (Å²) in [6, 6.07) is 5.73. The lowest BCUT2D eigenvalue weighted by atomic mass is 10.0. The van der Waals surface area contributed by atoms with E-state index in [2.05, 4.69) is 4.98 Å². The summed E-state index contributed by atoms with van der Waals surface area (Å²) >= 11 is 2.84. The third kappa shape index (κ3) is 3.28. The van der Waals surface area contributed by atoms with Gasteiger partial charge in [0.2, 0.25) is 0 Å². The highest BCUT2D eigenvalue weighted by Crippen LogP contribution is 2.28. The Morgan fingerprint density at radius 1 is 1.20 bits per heavy atom. The fraction of sp³-hybridized carbons (Fsp3) is 0.316. The molecule has 0 spiro atoms. The van der Waals surface area contributed by atoms with Gasteiger partial charge in [-0.1, -0.05) is 23.9 Å². The number of thiophene rings is 1. The lowest BCUT2D eigenvalue weighted by Crippen LogP contribution is -2.20. The molecule has 0 bridgehead atoms.